The Morgan fingerprint density at radius 1 is 1.38 bits per heavy atom. The van der Waals surface area contributed by atoms with E-state index in [0.29, 0.717) is 25.5 Å². The van der Waals surface area contributed by atoms with Crippen molar-refractivity contribution in [3.05, 3.63) is 29.6 Å². The molecular formula is C10H11F3N2O. The highest BCUT2D eigenvalue weighted by atomic mass is 19.4. The Morgan fingerprint density at radius 2 is 2.19 bits per heavy atom. The first-order valence-corrected chi connectivity index (χ1v) is 4.91. The van der Waals surface area contributed by atoms with Crippen molar-refractivity contribution in [2.45, 2.75) is 12.2 Å². The summed E-state index contributed by atoms with van der Waals surface area (Å²) in [6.07, 6.45) is -3.48. The second-order valence-electron chi connectivity index (χ2n) is 3.55. The molecule has 0 aromatic carbocycles. The first kappa shape index (κ1) is 11.3. The van der Waals surface area contributed by atoms with Gasteiger partial charge < -0.3 is 10.1 Å². The van der Waals surface area contributed by atoms with E-state index in [1.807, 2.05) is 0 Å². The Balaban J connectivity index is 2.12. The Hall–Kier alpha value is -1.14. The van der Waals surface area contributed by atoms with Crippen LogP contribution < -0.4 is 5.32 Å². The van der Waals surface area contributed by atoms with Crippen LogP contribution in [0, 0.1) is 0 Å². The summed E-state index contributed by atoms with van der Waals surface area (Å²) >= 11 is 0. The molecule has 1 aliphatic rings. The summed E-state index contributed by atoms with van der Waals surface area (Å²) in [4.78, 5) is 3.81. The number of morpholine rings is 1. The van der Waals surface area contributed by atoms with Crippen LogP contribution in [-0.4, -0.2) is 24.7 Å². The quantitative estimate of drug-likeness (QED) is 0.801. The number of halogens is 3. The van der Waals surface area contributed by atoms with Gasteiger partial charge in [-0.05, 0) is 12.1 Å². The van der Waals surface area contributed by atoms with Gasteiger partial charge >= 0.3 is 6.18 Å². The number of hydrogen-bond donors (Lipinski definition) is 1. The number of ether oxygens (including phenoxy) is 1. The van der Waals surface area contributed by atoms with Gasteiger partial charge in [0.25, 0.3) is 0 Å². The Labute approximate surface area is 90.6 Å². The molecule has 0 spiro atoms. The molecule has 0 radical (unpaired) electrons. The highest BCUT2D eigenvalue weighted by Gasteiger charge is 2.31. The first-order valence-electron chi connectivity index (χ1n) is 4.91. The van der Waals surface area contributed by atoms with Crippen molar-refractivity contribution in [3.8, 4) is 0 Å². The summed E-state index contributed by atoms with van der Waals surface area (Å²) in [7, 11) is 0. The van der Waals surface area contributed by atoms with Crippen LogP contribution in [0.15, 0.2) is 18.3 Å². The number of alkyl halides is 3. The lowest BCUT2D eigenvalue weighted by Crippen LogP contribution is -2.35. The summed E-state index contributed by atoms with van der Waals surface area (Å²) in [5.74, 6) is 0. The molecule has 1 N–H and O–H groups in total. The van der Waals surface area contributed by atoms with Crippen molar-refractivity contribution in [2.75, 3.05) is 19.8 Å². The summed E-state index contributed by atoms with van der Waals surface area (Å²) in [6.45, 7) is 1.75. The highest BCUT2D eigenvalue weighted by Crippen LogP contribution is 2.29. The number of nitrogens with zero attached hydrogens (tertiary/aromatic N) is 1. The van der Waals surface area contributed by atoms with E-state index in [9.17, 15) is 13.2 Å². The van der Waals surface area contributed by atoms with Gasteiger partial charge in [-0.2, -0.15) is 13.2 Å². The minimum Gasteiger partial charge on any atom is -0.378 e. The van der Waals surface area contributed by atoms with E-state index in [2.05, 4.69) is 10.3 Å². The van der Waals surface area contributed by atoms with Gasteiger partial charge in [0.05, 0.1) is 30.5 Å². The summed E-state index contributed by atoms with van der Waals surface area (Å²) in [5, 5.41) is 3.12. The summed E-state index contributed by atoms with van der Waals surface area (Å²) in [6, 6.07) is 2.31. The zero-order chi connectivity index (χ0) is 11.6. The topological polar surface area (TPSA) is 34.1 Å². The molecular weight excluding hydrogens is 221 g/mol. The van der Waals surface area contributed by atoms with Gasteiger partial charge in [-0.25, -0.2) is 0 Å². The average Bonchev–Trinajstić information content (AvgIpc) is 2.29. The molecule has 2 rings (SSSR count). The molecule has 0 bridgehead atoms. The lowest BCUT2D eigenvalue weighted by molar-refractivity contribution is -0.137. The molecule has 88 valence electrons. The predicted molar refractivity (Wildman–Crippen MR) is 50.8 cm³/mol. The van der Waals surface area contributed by atoms with E-state index in [1.54, 1.807) is 0 Å². The predicted octanol–water partition coefficient (Wildman–Crippen LogP) is 1.76. The molecule has 0 amide bonds. The third-order valence-electron chi connectivity index (χ3n) is 2.39. The molecule has 2 heterocycles. The van der Waals surface area contributed by atoms with Gasteiger partial charge in [0.2, 0.25) is 0 Å². The number of nitrogens with one attached hydrogen (secondary N) is 1. The highest BCUT2D eigenvalue weighted by molar-refractivity contribution is 5.19. The van der Waals surface area contributed by atoms with E-state index in [0.717, 1.165) is 12.3 Å². The zero-order valence-corrected chi connectivity index (χ0v) is 8.42. The monoisotopic (exact) mass is 232 g/mol. The van der Waals surface area contributed by atoms with Crippen LogP contribution in [0.5, 0.6) is 0 Å². The molecule has 16 heavy (non-hydrogen) atoms. The maximum Gasteiger partial charge on any atom is 0.417 e. The Bertz CT molecular complexity index is 344. The number of hydrogen-bond acceptors (Lipinski definition) is 3. The molecule has 1 saturated heterocycles. The second kappa shape index (κ2) is 4.39. The molecule has 1 aromatic heterocycles. The number of rotatable bonds is 1. The van der Waals surface area contributed by atoms with Gasteiger partial charge in [0.1, 0.15) is 0 Å². The molecule has 1 aliphatic heterocycles. The molecule has 1 fully saturated rings. The van der Waals surface area contributed by atoms with Crippen molar-refractivity contribution in [1.82, 2.24) is 10.3 Å². The van der Waals surface area contributed by atoms with E-state index in [-0.39, 0.29) is 6.04 Å². The molecule has 3 nitrogen and oxygen atoms in total. The lowest BCUT2D eigenvalue weighted by Gasteiger charge is -2.23. The van der Waals surface area contributed by atoms with E-state index >= 15 is 0 Å². The third-order valence-corrected chi connectivity index (χ3v) is 2.39. The average molecular weight is 232 g/mol. The molecule has 1 aromatic rings. The van der Waals surface area contributed by atoms with Crippen LogP contribution in [0.25, 0.3) is 0 Å². The molecule has 0 saturated carbocycles. The molecule has 0 unspecified atom stereocenters. The van der Waals surface area contributed by atoms with Gasteiger partial charge in [0, 0.05) is 12.7 Å². The molecule has 1 atom stereocenters. The smallest absolute Gasteiger partial charge is 0.378 e. The minimum absolute atomic E-state index is 0.115. The fourth-order valence-electron chi connectivity index (χ4n) is 1.53. The van der Waals surface area contributed by atoms with Crippen molar-refractivity contribution >= 4 is 0 Å². The van der Waals surface area contributed by atoms with E-state index < -0.39 is 11.7 Å². The Kier molecular flexibility index (Phi) is 3.11. The standard InChI is InChI=1S/C10H11F3N2O/c11-10(12,13)7-1-2-8(15-5-7)9-6-16-4-3-14-9/h1-2,5,9,14H,3-4,6H2/t9-/m0/s1. The van der Waals surface area contributed by atoms with Crippen LogP contribution >= 0.6 is 0 Å². The zero-order valence-electron chi connectivity index (χ0n) is 8.42. The van der Waals surface area contributed by atoms with Crippen LogP contribution in [0.4, 0.5) is 13.2 Å². The third kappa shape index (κ3) is 2.51. The van der Waals surface area contributed by atoms with Crippen LogP contribution in [0.2, 0.25) is 0 Å². The molecule has 0 aliphatic carbocycles. The largest absolute Gasteiger partial charge is 0.417 e. The van der Waals surface area contributed by atoms with Crippen molar-refractivity contribution in [3.63, 3.8) is 0 Å². The van der Waals surface area contributed by atoms with Crippen molar-refractivity contribution in [2.24, 2.45) is 0 Å². The van der Waals surface area contributed by atoms with E-state index in [4.69, 9.17) is 4.74 Å². The minimum atomic E-state index is -4.33. The van der Waals surface area contributed by atoms with Gasteiger partial charge in [0.15, 0.2) is 0 Å². The van der Waals surface area contributed by atoms with Crippen molar-refractivity contribution < 1.29 is 17.9 Å². The second-order valence-corrected chi connectivity index (χ2v) is 3.55. The fraction of sp³-hybridized carbons (Fsp3) is 0.500. The van der Waals surface area contributed by atoms with Gasteiger partial charge in [-0.15, -0.1) is 0 Å². The number of aromatic nitrogens is 1. The Morgan fingerprint density at radius 3 is 2.69 bits per heavy atom. The van der Waals surface area contributed by atoms with Crippen LogP contribution in [0.3, 0.4) is 0 Å². The summed E-state index contributed by atoms with van der Waals surface area (Å²) in [5.41, 5.74) is -0.152. The van der Waals surface area contributed by atoms with Crippen LogP contribution in [0.1, 0.15) is 17.3 Å². The van der Waals surface area contributed by atoms with Crippen molar-refractivity contribution in [1.29, 1.82) is 0 Å². The first-order chi connectivity index (χ1) is 7.57. The van der Waals surface area contributed by atoms with Crippen LogP contribution in [-0.2, 0) is 10.9 Å². The lowest BCUT2D eigenvalue weighted by atomic mass is 10.1. The van der Waals surface area contributed by atoms with Gasteiger partial charge in [-0.1, -0.05) is 0 Å². The normalized spacial score (nSPS) is 22.1. The molecule has 6 heteroatoms. The SMILES string of the molecule is FC(F)(F)c1ccc([C@@H]2COCCN2)nc1. The fourth-order valence-corrected chi connectivity index (χ4v) is 1.53. The van der Waals surface area contributed by atoms with Gasteiger partial charge in [-0.3, -0.25) is 4.98 Å². The maximum absolute atomic E-state index is 12.3. The maximum atomic E-state index is 12.3. The van der Waals surface area contributed by atoms with E-state index in [1.165, 1.54) is 6.07 Å². The summed E-state index contributed by atoms with van der Waals surface area (Å²) < 4.78 is 42.1. The number of pyridine rings is 1.